The number of hydrogen-bond donors (Lipinski definition) is 2. The van der Waals surface area contributed by atoms with Crippen molar-refractivity contribution in [2.24, 2.45) is 5.92 Å². The molecular weight excluding hydrogens is 541 g/mol. The summed E-state index contributed by atoms with van der Waals surface area (Å²) in [4.78, 5) is 27.8. The van der Waals surface area contributed by atoms with Gasteiger partial charge in [-0.2, -0.15) is 0 Å². The maximum Gasteiger partial charge on any atom is 0.261 e. The predicted molar refractivity (Wildman–Crippen MR) is 155 cm³/mol. The number of carbonyl (C=O) groups excluding carboxylic acids is 2. The molecule has 0 saturated carbocycles. The van der Waals surface area contributed by atoms with Crippen LogP contribution in [0, 0.1) is 5.92 Å². The normalized spacial score (nSPS) is 26.6. The second kappa shape index (κ2) is 10.5. The van der Waals surface area contributed by atoms with E-state index in [0.717, 1.165) is 17.7 Å². The Bertz CT molecular complexity index is 1460. The Balaban J connectivity index is 1.27. The Hall–Kier alpha value is -3.41. The number of ether oxygens (including phenoxy) is 1. The van der Waals surface area contributed by atoms with Gasteiger partial charge in [-0.15, -0.1) is 5.10 Å². The zero-order chi connectivity index (χ0) is 28.9. The molecule has 3 aliphatic heterocycles. The van der Waals surface area contributed by atoms with E-state index in [9.17, 15) is 14.7 Å². The minimum atomic E-state index is -3.29. The maximum absolute atomic E-state index is 16.0. The fourth-order valence-corrected chi connectivity index (χ4v) is 9.65. The van der Waals surface area contributed by atoms with Crippen molar-refractivity contribution in [2.75, 3.05) is 23.4 Å². The second-order valence-corrected chi connectivity index (χ2v) is 15.7. The van der Waals surface area contributed by atoms with Crippen molar-refractivity contribution in [1.29, 1.82) is 0 Å². The molecule has 41 heavy (non-hydrogen) atoms. The Morgan fingerprint density at radius 1 is 1.22 bits per heavy atom. The van der Waals surface area contributed by atoms with Gasteiger partial charge in [0.25, 0.3) is 5.91 Å². The standard InChI is InChI=1S/C30H36FN5O4Si/c1-19-28(41(2,3)31)26(13-15-35-17-25(33-34-35)22(18-37)20-8-5-4-6-9-20)40-30(19)23-16-21(36-14-7-10-27(36)38)11-12-24(23)32-29(30)39/h4-6,8-9,11-12,16-17,19,22,26,28,37H,7,10,13-15,18H2,1-3H3,(H,32,39)/t19-,22?,26+,28-,30+/m1/s1. The van der Waals surface area contributed by atoms with Crippen molar-refractivity contribution >= 4 is 31.6 Å². The quantitative estimate of drug-likeness (QED) is 0.304. The Labute approximate surface area is 239 Å². The summed E-state index contributed by atoms with van der Waals surface area (Å²) >= 11 is 0. The molecule has 6 rings (SSSR count). The first-order chi connectivity index (χ1) is 19.6. The van der Waals surface area contributed by atoms with Crippen molar-refractivity contribution < 1.29 is 23.5 Å². The molecule has 2 N–H and O–H groups in total. The van der Waals surface area contributed by atoms with Crippen molar-refractivity contribution in [3.05, 3.63) is 71.5 Å². The van der Waals surface area contributed by atoms with Crippen LogP contribution in [0.5, 0.6) is 0 Å². The van der Waals surface area contributed by atoms with Gasteiger partial charge in [-0.1, -0.05) is 42.5 Å². The molecule has 0 radical (unpaired) electrons. The van der Waals surface area contributed by atoms with Gasteiger partial charge in [0.05, 0.1) is 24.3 Å². The van der Waals surface area contributed by atoms with Gasteiger partial charge < -0.3 is 24.2 Å². The van der Waals surface area contributed by atoms with Gasteiger partial charge in [-0.3, -0.25) is 14.3 Å². The maximum atomic E-state index is 16.0. The summed E-state index contributed by atoms with van der Waals surface area (Å²) in [6.07, 6.45) is 3.05. The molecule has 2 amide bonds. The fourth-order valence-electron chi connectivity index (χ4n) is 7.11. The van der Waals surface area contributed by atoms with Gasteiger partial charge in [-0.25, -0.2) is 0 Å². The van der Waals surface area contributed by atoms with Crippen LogP contribution in [0.1, 0.15) is 48.9 Å². The molecule has 3 aliphatic rings. The van der Waals surface area contributed by atoms with E-state index in [-0.39, 0.29) is 24.3 Å². The van der Waals surface area contributed by atoms with E-state index in [0.29, 0.717) is 42.9 Å². The van der Waals surface area contributed by atoms with Crippen molar-refractivity contribution in [3.8, 4) is 0 Å². The number of rotatable bonds is 8. The van der Waals surface area contributed by atoms with Gasteiger partial charge in [-0.05, 0) is 49.7 Å². The minimum absolute atomic E-state index is 0.0626. The predicted octanol–water partition coefficient (Wildman–Crippen LogP) is 4.35. The van der Waals surface area contributed by atoms with Crippen molar-refractivity contribution in [1.82, 2.24) is 15.0 Å². The first-order valence-corrected chi connectivity index (χ1v) is 17.3. The van der Waals surface area contributed by atoms with Crippen LogP contribution in [-0.2, 0) is 26.5 Å². The summed E-state index contributed by atoms with van der Waals surface area (Å²) in [6.45, 7) is 6.23. The molecule has 2 fully saturated rings. The molecule has 3 aromatic rings. The van der Waals surface area contributed by atoms with Crippen molar-refractivity contribution in [2.45, 2.75) is 69.0 Å². The zero-order valence-corrected chi connectivity index (χ0v) is 24.6. The molecule has 9 nitrogen and oxygen atoms in total. The lowest BCUT2D eigenvalue weighted by Crippen LogP contribution is -2.42. The summed E-state index contributed by atoms with van der Waals surface area (Å²) in [7, 11) is -3.29. The number of aliphatic hydroxyl groups excluding tert-OH is 1. The highest BCUT2D eigenvalue weighted by atomic mass is 28.4. The van der Waals surface area contributed by atoms with Gasteiger partial charge >= 0.3 is 0 Å². The number of fused-ring (bicyclic) bond motifs is 2. The summed E-state index contributed by atoms with van der Waals surface area (Å²) < 4.78 is 24.4. The van der Waals surface area contributed by atoms with Crippen LogP contribution in [-0.4, -0.2) is 59.6 Å². The molecule has 5 atom stereocenters. The number of aryl methyl sites for hydroxylation is 1. The summed E-state index contributed by atoms with van der Waals surface area (Å²) in [5.41, 5.74) is 1.89. The third kappa shape index (κ3) is 4.69. The van der Waals surface area contributed by atoms with Gasteiger partial charge in [0.1, 0.15) is 0 Å². The molecule has 4 heterocycles. The molecular formula is C30H36FN5O4Si. The Morgan fingerprint density at radius 3 is 2.68 bits per heavy atom. The number of anilines is 2. The highest BCUT2D eigenvalue weighted by molar-refractivity contribution is 6.72. The average molecular weight is 578 g/mol. The van der Waals surface area contributed by atoms with Crippen LogP contribution in [0.4, 0.5) is 15.5 Å². The summed E-state index contributed by atoms with van der Waals surface area (Å²) in [5, 5.41) is 21.6. The van der Waals surface area contributed by atoms with Crippen LogP contribution in [0.2, 0.25) is 18.6 Å². The number of hydrogen-bond acceptors (Lipinski definition) is 6. The lowest BCUT2D eigenvalue weighted by Gasteiger charge is -2.31. The third-order valence-corrected chi connectivity index (χ3v) is 11.5. The van der Waals surface area contributed by atoms with Gasteiger partial charge in [0, 0.05) is 54.1 Å². The molecule has 0 aliphatic carbocycles. The molecule has 11 heteroatoms. The van der Waals surface area contributed by atoms with E-state index in [1.807, 2.05) is 61.7 Å². The first-order valence-electron chi connectivity index (χ1n) is 14.3. The van der Waals surface area contributed by atoms with Crippen molar-refractivity contribution in [3.63, 3.8) is 0 Å². The largest absolute Gasteiger partial charge is 0.395 e. The van der Waals surface area contributed by atoms with E-state index < -0.39 is 31.6 Å². The summed E-state index contributed by atoms with van der Waals surface area (Å²) in [5.74, 6) is -0.927. The van der Waals surface area contributed by atoms with E-state index >= 15 is 4.11 Å². The monoisotopic (exact) mass is 577 g/mol. The van der Waals surface area contributed by atoms with E-state index in [1.165, 1.54) is 0 Å². The Kier molecular flexibility index (Phi) is 7.07. The lowest BCUT2D eigenvalue weighted by atomic mass is 9.82. The number of halogens is 1. The van der Waals surface area contributed by atoms with Crippen LogP contribution in [0.3, 0.4) is 0 Å². The highest BCUT2D eigenvalue weighted by Gasteiger charge is 2.65. The number of carbonyl (C=O) groups is 2. The van der Waals surface area contributed by atoms with E-state index in [1.54, 1.807) is 22.7 Å². The first kappa shape index (κ1) is 27.7. The van der Waals surface area contributed by atoms with Gasteiger partial charge in [0.15, 0.2) is 5.60 Å². The average Bonchev–Trinajstić information content (AvgIpc) is 3.71. The topological polar surface area (TPSA) is 110 Å². The number of aromatic nitrogens is 3. The molecule has 216 valence electrons. The van der Waals surface area contributed by atoms with Crippen LogP contribution < -0.4 is 10.2 Å². The number of nitrogens with zero attached hydrogens (tertiary/aromatic N) is 4. The number of benzene rings is 2. The number of aliphatic hydroxyl groups is 1. The van der Waals surface area contributed by atoms with Crippen LogP contribution in [0.25, 0.3) is 0 Å². The van der Waals surface area contributed by atoms with Crippen LogP contribution in [0.15, 0.2) is 54.7 Å². The SMILES string of the molecule is C[C@@H]1[C@@H]([Si](C)(C)F)[C@H](CCn2cc(C(CO)c3ccccc3)nn2)O[C@@]12C(=O)Nc1ccc(N3CCCC3=O)cc12. The molecule has 1 unspecified atom stereocenters. The Morgan fingerprint density at radius 2 is 2.00 bits per heavy atom. The summed E-state index contributed by atoms with van der Waals surface area (Å²) in [6, 6.07) is 15.2. The molecule has 2 aromatic carbocycles. The molecule has 2 saturated heterocycles. The van der Waals surface area contributed by atoms with E-state index in [2.05, 4.69) is 15.6 Å². The van der Waals surface area contributed by atoms with E-state index in [4.69, 9.17) is 4.74 Å². The molecule has 0 bridgehead atoms. The number of amides is 2. The minimum Gasteiger partial charge on any atom is -0.395 e. The lowest BCUT2D eigenvalue weighted by molar-refractivity contribution is -0.143. The second-order valence-electron chi connectivity index (χ2n) is 11.9. The number of nitrogens with one attached hydrogen (secondary N) is 1. The zero-order valence-electron chi connectivity index (χ0n) is 23.6. The molecule has 1 spiro atoms. The molecule has 1 aromatic heterocycles. The van der Waals surface area contributed by atoms with Crippen LogP contribution >= 0.6 is 0 Å². The highest BCUT2D eigenvalue weighted by Crippen LogP contribution is 2.59. The van der Waals surface area contributed by atoms with Gasteiger partial charge in [0.2, 0.25) is 14.3 Å². The smallest absolute Gasteiger partial charge is 0.261 e. The fraction of sp³-hybridized carbons (Fsp3) is 0.467. The third-order valence-electron chi connectivity index (χ3n) is 9.02.